The van der Waals surface area contributed by atoms with Crippen molar-refractivity contribution in [3.8, 4) is 0 Å². The fourth-order valence-electron chi connectivity index (χ4n) is 3.64. The first-order valence-electron chi connectivity index (χ1n) is 7.95. The molecule has 0 aromatic heterocycles. The standard InChI is InChI=1S/C16H27NO2/c1-13(18)11-15(12-14-7-3-4-8-14)16(19)17-9-5-2-6-10-17/h14-15H,2-12H2,1H3. The summed E-state index contributed by atoms with van der Waals surface area (Å²) in [4.78, 5) is 26.0. The average molecular weight is 265 g/mol. The van der Waals surface area contributed by atoms with Gasteiger partial charge >= 0.3 is 0 Å². The number of rotatable bonds is 5. The highest BCUT2D eigenvalue weighted by Crippen LogP contribution is 2.32. The molecular weight excluding hydrogens is 238 g/mol. The molecule has 2 fully saturated rings. The number of hydrogen-bond donors (Lipinski definition) is 0. The van der Waals surface area contributed by atoms with Gasteiger partial charge in [-0.1, -0.05) is 25.7 Å². The van der Waals surface area contributed by atoms with Gasteiger partial charge in [0.2, 0.25) is 5.91 Å². The lowest BCUT2D eigenvalue weighted by Crippen LogP contribution is -2.40. The van der Waals surface area contributed by atoms with Crippen molar-refractivity contribution in [3.63, 3.8) is 0 Å². The Balaban J connectivity index is 1.94. The van der Waals surface area contributed by atoms with E-state index in [2.05, 4.69) is 0 Å². The van der Waals surface area contributed by atoms with Gasteiger partial charge in [-0.2, -0.15) is 0 Å². The van der Waals surface area contributed by atoms with E-state index < -0.39 is 0 Å². The maximum absolute atomic E-state index is 12.6. The maximum atomic E-state index is 12.6. The normalized spacial score (nSPS) is 22.5. The monoisotopic (exact) mass is 265 g/mol. The third-order valence-corrected chi connectivity index (χ3v) is 4.64. The number of piperidine rings is 1. The van der Waals surface area contributed by atoms with Gasteiger partial charge in [0.05, 0.1) is 0 Å². The van der Waals surface area contributed by atoms with Gasteiger partial charge in [0.1, 0.15) is 5.78 Å². The molecule has 1 heterocycles. The SMILES string of the molecule is CC(=O)CC(CC1CCCC1)C(=O)N1CCCCC1. The van der Waals surface area contributed by atoms with Gasteiger partial charge in [0.25, 0.3) is 0 Å². The van der Waals surface area contributed by atoms with Gasteiger partial charge in [-0.25, -0.2) is 0 Å². The Hall–Kier alpha value is -0.860. The van der Waals surface area contributed by atoms with Crippen LogP contribution in [0.25, 0.3) is 0 Å². The maximum Gasteiger partial charge on any atom is 0.226 e. The van der Waals surface area contributed by atoms with Crippen molar-refractivity contribution in [2.75, 3.05) is 13.1 Å². The highest BCUT2D eigenvalue weighted by atomic mass is 16.2. The van der Waals surface area contributed by atoms with E-state index >= 15 is 0 Å². The van der Waals surface area contributed by atoms with Gasteiger partial charge < -0.3 is 9.69 Å². The summed E-state index contributed by atoms with van der Waals surface area (Å²) < 4.78 is 0. The van der Waals surface area contributed by atoms with E-state index in [9.17, 15) is 9.59 Å². The number of carbonyl (C=O) groups excluding carboxylic acids is 2. The van der Waals surface area contributed by atoms with Crippen LogP contribution in [-0.4, -0.2) is 29.7 Å². The number of ketones is 1. The molecule has 1 saturated heterocycles. The van der Waals surface area contributed by atoms with Gasteiger partial charge in [-0.05, 0) is 38.5 Å². The minimum Gasteiger partial charge on any atom is -0.342 e. The topological polar surface area (TPSA) is 37.4 Å². The zero-order chi connectivity index (χ0) is 13.7. The lowest BCUT2D eigenvalue weighted by molar-refractivity contribution is -0.139. The summed E-state index contributed by atoms with van der Waals surface area (Å²) in [5, 5.41) is 0. The molecule has 2 aliphatic rings. The fraction of sp³-hybridized carbons (Fsp3) is 0.875. The highest BCUT2D eigenvalue weighted by molar-refractivity contribution is 5.85. The van der Waals surface area contributed by atoms with Gasteiger partial charge in [-0.15, -0.1) is 0 Å². The second-order valence-corrected chi connectivity index (χ2v) is 6.38. The molecule has 1 atom stereocenters. The van der Waals surface area contributed by atoms with Crippen molar-refractivity contribution >= 4 is 11.7 Å². The Labute approximate surface area is 116 Å². The molecule has 0 radical (unpaired) electrons. The molecule has 0 aromatic rings. The molecule has 3 nitrogen and oxygen atoms in total. The van der Waals surface area contributed by atoms with Crippen molar-refractivity contribution in [1.29, 1.82) is 0 Å². The Morgan fingerprint density at radius 3 is 2.26 bits per heavy atom. The van der Waals surface area contributed by atoms with Crippen LogP contribution in [-0.2, 0) is 9.59 Å². The molecule has 0 N–H and O–H groups in total. The summed E-state index contributed by atoms with van der Waals surface area (Å²) in [7, 11) is 0. The first-order chi connectivity index (χ1) is 9.16. The number of carbonyl (C=O) groups is 2. The van der Waals surface area contributed by atoms with E-state index in [1.54, 1.807) is 6.92 Å². The van der Waals surface area contributed by atoms with Crippen LogP contribution in [0.1, 0.15) is 64.7 Å². The molecule has 1 saturated carbocycles. The molecular formula is C16H27NO2. The van der Waals surface area contributed by atoms with Crippen LogP contribution in [0.15, 0.2) is 0 Å². The van der Waals surface area contributed by atoms with Crippen LogP contribution < -0.4 is 0 Å². The second-order valence-electron chi connectivity index (χ2n) is 6.38. The zero-order valence-corrected chi connectivity index (χ0v) is 12.2. The Morgan fingerprint density at radius 2 is 1.68 bits per heavy atom. The molecule has 108 valence electrons. The van der Waals surface area contributed by atoms with E-state index in [1.807, 2.05) is 4.90 Å². The molecule has 1 amide bonds. The average Bonchev–Trinajstić information content (AvgIpc) is 2.90. The van der Waals surface area contributed by atoms with Crippen LogP contribution in [0, 0.1) is 11.8 Å². The predicted molar refractivity (Wildman–Crippen MR) is 75.8 cm³/mol. The number of likely N-dealkylation sites (tertiary alicyclic amines) is 1. The highest BCUT2D eigenvalue weighted by Gasteiger charge is 2.29. The molecule has 0 spiro atoms. The van der Waals surface area contributed by atoms with Gasteiger partial charge in [-0.3, -0.25) is 4.79 Å². The minimum atomic E-state index is -0.0429. The van der Waals surface area contributed by atoms with Crippen molar-refractivity contribution in [3.05, 3.63) is 0 Å². The predicted octanol–water partition coefficient (Wildman–Crippen LogP) is 3.17. The minimum absolute atomic E-state index is 0.0429. The summed E-state index contributed by atoms with van der Waals surface area (Å²) in [6.07, 6.45) is 9.99. The molecule has 1 aliphatic carbocycles. The largest absolute Gasteiger partial charge is 0.342 e. The summed E-state index contributed by atoms with van der Waals surface area (Å²) >= 11 is 0. The van der Waals surface area contributed by atoms with E-state index in [0.29, 0.717) is 12.3 Å². The molecule has 0 bridgehead atoms. The Bertz CT molecular complexity index is 315. The van der Waals surface area contributed by atoms with Crippen LogP contribution in [0.4, 0.5) is 0 Å². The molecule has 2 rings (SSSR count). The fourth-order valence-corrected chi connectivity index (χ4v) is 3.64. The van der Waals surface area contributed by atoms with Gasteiger partial charge in [0, 0.05) is 25.4 Å². The van der Waals surface area contributed by atoms with Gasteiger partial charge in [0.15, 0.2) is 0 Å². The Kier molecular flexibility index (Phi) is 5.41. The van der Waals surface area contributed by atoms with E-state index in [0.717, 1.165) is 32.4 Å². The smallest absolute Gasteiger partial charge is 0.226 e. The lowest BCUT2D eigenvalue weighted by Gasteiger charge is -2.31. The first-order valence-corrected chi connectivity index (χ1v) is 7.95. The summed E-state index contributed by atoms with van der Waals surface area (Å²) in [6.45, 7) is 3.42. The quantitative estimate of drug-likeness (QED) is 0.765. The zero-order valence-electron chi connectivity index (χ0n) is 12.2. The number of hydrogen-bond acceptors (Lipinski definition) is 2. The van der Waals surface area contributed by atoms with E-state index in [-0.39, 0.29) is 17.6 Å². The van der Waals surface area contributed by atoms with Crippen molar-refractivity contribution in [1.82, 2.24) is 4.90 Å². The summed E-state index contributed by atoms with van der Waals surface area (Å²) in [5.41, 5.74) is 0. The summed E-state index contributed by atoms with van der Waals surface area (Å²) in [5.74, 6) is 1.05. The van der Waals surface area contributed by atoms with Crippen LogP contribution in [0.5, 0.6) is 0 Å². The molecule has 0 aromatic carbocycles. The number of amides is 1. The molecule has 19 heavy (non-hydrogen) atoms. The van der Waals surface area contributed by atoms with Crippen molar-refractivity contribution in [2.24, 2.45) is 11.8 Å². The lowest BCUT2D eigenvalue weighted by atomic mass is 9.88. The first kappa shape index (κ1) is 14.5. The summed E-state index contributed by atoms with van der Waals surface area (Å²) in [6, 6.07) is 0. The van der Waals surface area contributed by atoms with E-state index in [1.165, 1.54) is 32.1 Å². The second kappa shape index (κ2) is 7.06. The number of Topliss-reactive ketones (excluding diaryl/α,β-unsaturated/α-hetero) is 1. The van der Waals surface area contributed by atoms with Crippen LogP contribution in [0.2, 0.25) is 0 Å². The molecule has 3 heteroatoms. The molecule has 1 unspecified atom stereocenters. The third kappa shape index (κ3) is 4.32. The van der Waals surface area contributed by atoms with E-state index in [4.69, 9.17) is 0 Å². The van der Waals surface area contributed by atoms with Crippen molar-refractivity contribution in [2.45, 2.75) is 64.7 Å². The van der Waals surface area contributed by atoms with Crippen LogP contribution >= 0.6 is 0 Å². The molecule has 1 aliphatic heterocycles. The number of nitrogens with zero attached hydrogens (tertiary/aromatic N) is 1. The Morgan fingerprint density at radius 1 is 1.05 bits per heavy atom. The van der Waals surface area contributed by atoms with Crippen molar-refractivity contribution < 1.29 is 9.59 Å². The van der Waals surface area contributed by atoms with Crippen LogP contribution in [0.3, 0.4) is 0 Å². The third-order valence-electron chi connectivity index (χ3n) is 4.64.